The molecule has 1 saturated heterocycles. The van der Waals surface area contributed by atoms with Crippen LogP contribution in [-0.4, -0.2) is 43.8 Å². The molecule has 0 radical (unpaired) electrons. The van der Waals surface area contributed by atoms with E-state index in [2.05, 4.69) is 5.32 Å². The van der Waals surface area contributed by atoms with Gasteiger partial charge in [-0.05, 0) is 55.3 Å². The molecular formula is C19H17Cl3N2O5S. The van der Waals surface area contributed by atoms with E-state index in [-0.39, 0.29) is 22.2 Å². The van der Waals surface area contributed by atoms with Gasteiger partial charge >= 0.3 is 5.97 Å². The first-order chi connectivity index (χ1) is 14.2. The van der Waals surface area contributed by atoms with Gasteiger partial charge in [-0.3, -0.25) is 9.59 Å². The highest BCUT2D eigenvalue weighted by Gasteiger charge is 2.40. The van der Waals surface area contributed by atoms with E-state index in [1.165, 1.54) is 36.4 Å². The number of ether oxygens (including phenoxy) is 1. The Labute approximate surface area is 188 Å². The van der Waals surface area contributed by atoms with Gasteiger partial charge in [-0.25, -0.2) is 8.42 Å². The van der Waals surface area contributed by atoms with Crippen molar-refractivity contribution in [2.45, 2.75) is 23.8 Å². The number of sulfonamides is 1. The van der Waals surface area contributed by atoms with Gasteiger partial charge in [0.15, 0.2) is 6.61 Å². The third kappa shape index (κ3) is 5.25. The maximum absolute atomic E-state index is 12.9. The molecule has 0 saturated carbocycles. The van der Waals surface area contributed by atoms with Crippen molar-refractivity contribution in [3.63, 3.8) is 0 Å². The normalized spacial score (nSPS) is 17.0. The van der Waals surface area contributed by atoms with Crippen molar-refractivity contribution < 1.29 is 22.7 Å². The second-order valence-electron chi connectivity index (χ2n) is 6.51. The number of benzene rings is 2. The predicted octanol–water partition coefficient (Wildman–Crippen LogP) is 3.98. The van der Waals surface area contributed by atoms with Crippen LogP contribution < -0.4 is 5.32 Å². The highest BCUT2D eigenvalue weighted by molar-refractivity contribution is 7.89. The number of anilines is 1. The average molecular weight is 492 g/mol. The lowest BCUT2D eigenvalue weighted by atomic mass is 10.2. The van der Waals surface area contributed by atoms with Crippen LogP contribution in [0.4, 0.5) is 5.69 Å². The molecule has 2 aromatic rings. The Morgan fingerprint density at radius 1 is 1.07 bits per heavy atom. The molecule has 30 heavy (non-hydrogen) atoms. The minimum Gasteiger partial charge on any atom is -0.454 e. The number of nitrogens with one attached hydrogen (secondary N) is 1. The fourth-order valence-electron chi connectivity index (χ4n) is 3.02. The number of halogens is 3. The van der Waals surface area contributed by atoms with Crippen molar-refractivity contribution in [1.82, 2.24) is 4.31 Å². The van der Waals surface area contributed by atoms with Crippen molar-refractivity contribution in [3.8, 4) is 0 Å². The highest BCUT2D eigenvalue weighted by Crippen LogP contribution is 2.28. The summed E-state index contributed by atoms with van der Waals surface area (Å²) in [6.07, 6.45) is 0.796. The van der Waals surface area contributed by atoms with Crippen LogP contribution in [0.2, 0.25) is 15.1 Å². The standard InChI is InChI=1S/C19H17Cl3N2O5S/c20-12-3-6-14(7-4-12)30(27,28)24-9-1-2-17(24)19(26)29-11-18(25)23-16-10-13(21)5-8-15(16)22/h3-8,10,17H,1-2,9,11H2,(H,23,25)/t17-/m0/s1. The Hall–Kier alpha value is -1.84. The Balaban J connectivity index is 1.63. The maximum Gasteiger partial charge on any atom is 0.324 e. The second kappa shape index (κ2) is 9.53. The van der Waals surface area contributed by atoms with Crippen LogP contribution in [0.3, 0.4) is 0 Å². The number of carbonyl (C=O) groups excluding carboxylic acids is 2. The highest BCUT2D eigenvalue weighted by atomic mass is 35.5. The lowest BCUT2D eigenvalue weighted by molar-refractivity contribution is -0.150. The van der Waals surface area contributed by atoms with Crippen LogP contribution in [-0.2, 0) is 24.3 Å². The fourth-order valence-corrected chi connectivity index (χ4v) is 5.13. The number of rotatable bonds is 6. The third-order valence-corrected chi connectivity index (χ3v) is 7.18. The summed E-state index contributed by atoms with van der Waals surface area (Å²) in [5.74, 6) is -1.42. The summed E-state index contributed by atoms with van der Waals surface area (Å²) in [7, 11) is -3.91. The number of hydrogen-bond donors (Lipinski definition) is 1. The molecule has 3 rings (SSSR count). The summed E-state index contributed by atoms with van der Waals surface area (Å²) in [6, 6.07) is 9.21. The number of hydrogen-bond acceptors (Lipinski definition) is 5. The van der Waals surface area contributed by atoms with E-state index >= 15 is 0 Å². The molecule has 1 aliphatic rings. The van der Waals surface area contributed by atoms with Gasteiger partial charge in [-0.1, -0.05) is 34.8 Å². The van der Waals surface area contributed by atoms with Crippen molar-refractivity contribution in [3.05, 3.63) is 57.5 Å². The zero-order valence-electron chi connectivity index (χ0n) is 15.5. The molecule has 1 N–H and O–H groups in total. The largest absolute Gasteiger partial charge is 0.454 e. The van der Waals surface area contributed by atoms with Gasteiger partial charge in [0.2, 0.25) is 10.0 Å². The molecule has 2 aromatic carbocycles. The van der Waals surface area contributed by atoms with Gasteiger partial charge in [0.25, 0.3) is 5.91 Å². The Morgan fingerprint density at radius 3 is 2.43 bits per heavy atom. The minimum absolute atomic E-state index is 0.0277. The Bertz CT molecular complexity index is 1060. The minimum atomic E-state index is -3.91. The predicted molar refractivity (Wildman–Crippen MR) is 114 cm³/mol. The first-order valence-electron chi connectivity index (χ1n) is 8.87. The van der Waals surface area contributed by atoms with E-state index in [0.717, 1.165) is 4.31 Å². The van der Waals surface area contributed by atoms with E-state index in [9.17, 15) is 18.0 Å². The summed E-state index contributed by atoms with van der Waals surface area (Å²) >= 11 is 17.7. The molecule has 1 atom stereocenters. The number of esters is 1. The number of carbonyl (C=O) groups is 2. The summed E-state index contributed by atoms with van der Waals surface area (Å²) in [5.41, 5.74) is 0.276. The summed E-state index contributed by atoms with van der Waals surface area (Å²) in [6.45, 7) is -0.415. The Morgan fingerprint density at radius 2 is 1.73 bits per heavy atom. The monoisotopic (exact) mass is 490 g/mol. The molecular weight excluding hydrogens is 475 g/mol. The lowest BCUT2D eigenvalue weighted by Crippen LogP contribution is -2.42. The van der Waals surface area contributed by atoms with Gasteiger partial charge in [-0.2, -0.15) is 4.31 Å². The van der Waals surface area contributed by atoms with Crippen molar-refractivity contribution in [2.24, 2.45) is 0 Å². The molecule has 1 amide bonds. The quantitative estimate of drug-likeness (QED) is 0.617. The molecule has 160 valence electrons. The molecule has 0 aromatic heterocycles. The first-order valence-corrected chi connectivity index (χ1v) is 11.4. The molecule has 1 aliphatic heterocycles. The molecule has 11 heteroatoms. The third-order valence-electron chi connectivity index (χ3n) is 4.44. The summed E-state index contributed by atoms with van der Waals surface area (Å²) in [4.78, 5) is 24.6. The zero-order chi connectivity index (χ0) is 21.9. The molecule has 0 aliphatic carbocycles. The number of nitrogens with zero attached hydrogens (tertiary/aromatic N) is 1. The van der Waals surface area contributed by atoms with Crippen molar-refractivity contribution >= 4 is 62.4 Å². The zero-order valence-corrected chi connectivity index (χ0v) is 18.6. The lowest BCUT2D eigenvalue weighted by Gasteiger charge is -2.22. The van der Waals surface area contributed by atoms with Gasteiger partial charge in [0, 0.05) is 16.6 Å². The van der Waals surface area contributed by atoms with E-state index in [0.29, 0.717) is 22.9 Å². The first kappa shape index (κ1) is 22.8. The van der Waals surface area contributed by atoms with E-state index in [4.69, 9.17) is 39.5 Å². The van der Waals surface area contributed by atoms with Gasteiger partial charge < -0.3 is 10.1 Å². The van der Waals surface area contributed by atoms with Crippen LogP contribution in [0.15, 0.2) is 47.4 Å². The molecule has 0 spiro atoms. The molecule has 7 nitrogen and oxygen atoms in total. The van der Waals surface area contributed by atoms with Crippen LogP contribution >= 0.6 is 34.8 Å². The molecule has 1 fully saturated rings. The van der Waals surface area contributed by atoms with Gasteiger partial charge in [-0.15, -0.1) is 0 Å². The van der Waals surface area contributed by atoms with Crippen LogP contribution in [0, 0.1) is 0 Å². The maximum atomic E-state index is 12.9. The van der Waals surface area contributed by atoms with Crippen molar-refractivity contribution in [1.29, 1.82) is 0 Å². The van der Waals surface area contributed by atoms with Crippen LogP contribution in [0.25, 0.3) is 0 Å². The van der Waals surface area contributed by atoms with E-state index in [1.54, 1.807) is 6.07 Å². The molecule has 0 unspecified atom stereocenters. The second-order valence-corrected chi connectivity index (χ2v) is 9.68. The van der Waals surface area contributed by atoms with Crippen molar-refractivity contribution in [2.75, 3.05) is 18.5 Å². The fraction of sp³-hybridized carbons (Fsp3) is 0.263. The van der Waals surface area contributed by atoms with E-state index in [1.807, 2.05) is 0 Å². The summed E-state index contributed by atoms with van der Waals surface area (Å²) < 4.78 is 31.9. The SMILES string of the molecule is O=C(COC(=O)[C@@H]1CCCN1S(=O)(=O)c1ccc(Cl)cc1)Nc1cc(Cl)ccc1Cl. The average Bonchev–Trinajstić information content (AvgIpc) is 3.20. The number of amides is 1. The smallest absolute Gasteiger partial charge is 0.324 e. The van der Waals surface area contributed by atoms with Crippen LogP contribution in [0.5, 0.6) is 0 Å². The van der Waals surface area contributed by atoms with E-state index < -0.39 is 34.5 Å². The summed E-state index contributed by atoms with van der Waals surface area (Å²) in [5, 5.41) is 3.54. The van der Waals surface area contributed by atoms with Gasteiger partial charge in [0.05, 0.1) is 15.6 Å². The van der Waals surface area contributed by atoms with Crippen LogP contribution in [0.1, 0.15) is 12.8 Å². The Kier molecular flexibility index (Phi) is 7.26. The topological polar surface area (TPSA) is 92.8 Å². The van der Waals surface area contributed by atoms with Gasteiger partial charge in [0.1, 0.15) is 6.04 Å². The molecule has 1 heterocycles. The molecule has 0 bridgehead atoms.